The molecular weight excluding hydrogens is 186 g/mol. The highest BCUT2D eigenvalue weighted by Gasteiger charge is 2.27. The lowest BCUT2D eigenvalue weighted by atomic mass is 10.1. The summed E-state index contributed by atoms with van der Waals surface area (Å²) in [5.41, 5.74) is 0. The van der Waals surface area contributed by atoms with Crippen LogP contribution in [-0.4, -0.2) is 38.2 Å². The molecule has 1 saturated heterocycles. The standard InChI is InChI=1S/C9H15NO2S/c11-13(12)7-4-9(8-13)10-5-2-1-3-6-10/h4,7,9H,1-3,5-6,8H2/t9-/m1/s1. The number of likely N-dealkylation sites (tertiary alicyclic amines) is 1. The first-order chi connectivity index (χ1) is 6.17. The van der Waals surface area contributed by atoms with Crippen LogP contribution < -0.4 is 0 Å². The van der Waals surface area contributed by atoms with E-state index in [1.54, 1.807) is 0 Å². The topological polar surface area (TPSA) is 37.4 Å². The van der Waals surface area contributed by atoms with Crippen LogP contribution in [0.3, 0.4) is 0 Å². The van der Waals surface area contributed by atoms with Crippen molar-refractivity contribution in [1.82, 2.24) is 4.90 Å². The summed E-state index contributed by atoms with van der Waals surface area (Å²) in [6.45, 7) is 2.12. The van der Waals surface area contributed by atoms with Crippen LogP contribution in [0.2, 0.25) is 0 Å². The van der Waals surface area contributed by atoms with Crippen molar-refractivity contribution in [2.24, 2.45) is 0 Å². The molecule has 2 aliphatic heterocycles. The van der Waals surface area contributed by atoms with Crippen LogP contribution in [0.4, 0.5) is 0 Å². The average Bonchev–Trinajstić information content (AvgIpc) is 2.48. The lowest BCUT2D eigenvalue weighted by Crippen LogP contribution is -2.39. The van der Waals surface area contributed by atoms with Gasteiger partial charge in [0.2, 0.25) is 0 Å². The molecule has 0 aliphatic carbocycles. The van der Waals surface area contributed by atoms with Crippen LogP contribution in [0.1, 0.15) is 19.3 Å². The van der Waals surface area contributed by atoms with E-state index in [4.69, 9.17) is 0 Å². The molecule has 0 spiro atoms. The van der Waals surface area contributed by atoms with Gasteiger partial charge in [-0.05, 0) is 25.9 Å². The molecule has 1 atom stereocenters. The van der Waals surface area contributed by atoms with Crippen molar-refractivity contribution >= 4 is 9.84 Å². The highest BCUT2D eigenvalue weighted by atomic mass is 32.2. The second kappa shape index (κ2) is 3.42. The first-order valence-corrected chi connectivity index (χ1v) is 6.54. The Morgan fingerprint density at radius 2 is 1.85 bits per heavy atom. The van der Waals surface area contributed by atoms with E-state index in [2.05, 4.69) is 4.90 Å². The van der Waals surface area contributed by atoms with Gasteiger partial charge in [-0.15, -0.1) is 0 Å². The predicted octanol–water partition coefficient (Wildman–Crippen LogP) is 0.783. The van der Waals surface area contributed by atoms with E-state index < -0.39 is 9.84 Å². The number of sulfone groups is 1. The molecule has 2 aliphatic rings. The molecule has 0 radical (unpaired) electrons. The first kappa shape index (κ1) is 9.21. The van der Waals surface area contributed by atoms with E-state index in [9.17, 15) is 8.42 Å². The van der Waals surface area contributed by atoms with Gasteiger partial charge in [0.25, 0.3) is 0 Å². The van der Waals surface area contributed by atoms with Gasteiger partial charge in [-0.1, -0.05) is 12.5 Å². The van der Waals surface area contributed by atoms with Crippen molar-refractivity contribution in [1.29, 1.82) is 0 Å². The Bertz CT molecular complexity index is 302. The van der Waals surface area contributed by atoms with Crippen molar-refractivity contribution in [3.63, 3.8) is 0 Å². The summed E-state index contributed by atoms with van der Waals surface area (Å²) in [7, 11) is -2.87. The summed E-state index contributed by atoms with van der Waals surface area (Å²) in [5.74, 6) is 0.299. The fourth-order valence-electron chi connectivity index (χ4n) is 2.04. The van der Waals surface area contributed by atoms with E-state index in [0.29, 0.717) is 5.75 Å². The molecule has 3 nitrogen and oxygen atoms in total. The zero-order valence-electron chi connectivity index (χ0n) is 7.65. The van der Waals surface area contributed by atoms with Crippen molar-refractivity contribution in [3.8, 4) is 0 Å². The van der Waals surface area contributed by atoms with Gasteiger partial charge in [0, 0.05) is 11.4 Å². The number of hydrogen-bond acceptors (Lipinski definition) is 3. The molecule has 2 rings (SSSR count). The van der Waals surface area contributed by atoms with E-state index in [0.717, 1.165) is 13.1 Å². The Balaban J connectivity index is 1.99. The van der Waals surface area contributed by atoms with Crippen molar-refractivity contribution in [2.45, 2.75) is 25.3 Å². The third-order valence-electron chi connectivity index (χ3n) is 2.77. The monoisotopic (exact) mass is 201 g/mol. The molecule has 2 heterocycles. The number of piperidine rings is 1. The fourth-order valence-corrected chi connectivity index (χ4v) is 3.37. The molecule has 0 amide bonds. The van der Waals surface area contributed by atoms with Gasteiger partial charge in [-0.25, -0.2) is 8.42 Å². The molecule has 13 heavy (non-hydrogen) atoms. The van der Waals surface area contributed by atoms with Gasteiger partial charge in [0.1, 0.15) is 0 Å². The van der Waals surface area contributed by atoms with Gasteiger partial charge in [0.05, 0.1) is 5.75 Å². The molecular formula is C9H15NO2S. The number of hydrogen-bond donors (Lipinski definition) is 0. The summed E-state index contributed by atoms with van der Waals surface area (Å²) in [6.07, 6.45) is 5.55. The minimum atomic E-state index is -2.87. The Morgan fingerprint density at radius 1 is 1.15 bits per heavy atom. The van der Waals surface area contributed by atoms with Crippen LogP contribution in [0.5, 0.6) is 0 Å². The summed E-state index contributed by atoms with van der Waals surface area (Å²) in [4.78, 5) is 2.28. The van der Waals surface area contributed by atoms with Gasteiger partial charge >= 0.3 is 0 Å². The van der Waals surface area contributed by atoms with Gasteiger partial charge in [-0.3, -0.25) is 4.90 Å². The van der Waals surface area contributed by atoms with E-state index in [1.165, 1.54) is 24.7 Å². The Kier molecular flexibility index (Phi) is 2.43. The van der Waals surface area contributed by atoms with E-state index >= 15 is 0 Å². The van der Waals surface area contributed by atoms with Crippen molar-refractivity contribution in [2.75, 3.05) is 18.8 Å². The third kappa shape index (κ3) is 2.11. The molecule has 0 saturated carbocycles. The van der Waals surface area contributed by atoms with E-state index in [1.807, 2.05) is 6.08 Å². The summed E-state index contributed by atoms with van der Waals surface area (Å²) in [6, 6.07) is 0.158. The second-order valence-electron chi connectivity index (χ2n) is 3.82. The van der Waals surface area contributed by atoms with E-state index in [-0.39, 0.29) is 6.04 Å². The largest absolute Gasteiger partial charge is 0.296 e. The van der Waals surface area contributed by atoms with Crippen LogP contribution in [0, 0.1) is 0 Å². The van der Waals surface area contributed by atoms with Gasteiger partial charge < -0.3 is 0 Å². The highest BCUT2D eigenvalue weighted by Crippen LogP contribution is 2.18. The van der Waals surface area contributed by atoms with Crippen LogP contribution in [0.25, 0.3) is 0 Å². The third-order valence-corrected chi connectivity index (χ3v) is 4.15. The van der Waals surface area contributed by atoms with Gasteiger partial charge in [0.15, 0.2) is 9.84 Å². The quantitative estimate of drug-likeness (QED) is 0.629. The van der Waals surface area contributed by atoms with Crippen LogP contribution >= 0.6 is 0 Å². The Hall–Kier alpha value is -0.350. The maximum atomic E-state index is 11.2. The normalized spacial score (nSPS) is 33.7. The fraction of sp³-hybridized carbons (Fsp3) is 0.778. The van der Waals surface area contributed by atoms with Crippen molar-refractivity contribution in [3.05, 3.63) is 11.5 Å². The molecule has 0 bridgehead atoms. The molecule has 0 aromatic carbocycles. The predicted molar refractivity (Wildman–Crippen MR) is 52.1 cm³/mol. The maximum Gasteiger partial charge on any atom is 0.173 e. The molecule has 0 aromatic heterocycles. The lowest BCUT2D eigenvalue weighted by molar-refractivity contribution is 0.204. The minimum absolute atomic E-state index is 0.158. The highest BCUT2D eigenvalue weighted by molar-refractivity contribution is 7.94. The second-order valence-corrected chi connectivity index (χ2v) is 5.75. The lowest BCUT2D eigenvalue weighted by Gasteiger charge is -2.30. The Morgan fingerprint density at radius 3 is 2.38 bits per heavy atom. The van der Waals surface area contributed by atoms with Gasteiger partial charge in [-0.2, -0.15) is 0 Å². The van der Waals surface area contributed by atoms with Crippen molar-refractivity contribution < 1.29 is 8.42 Å². The maximum absolute atomic E-state index is 11.2. The molecule has 0 unspecified atom stereocenters. The average molecular weight is 201 g/mol. The minimum Gasteiger partial charge on any atom is -0.296 e. The first-order valence-electron chi connectivity index (χ1n) is 4.82. The van der Waals surface area contributed by atoms with Crippen LogP contribution in [0.15, 0.2) is 11.5 Å². The SMILES string of the molecule is O=S1(=O)C=C[C@@H](N2CCCCC2)C1. The molecule has 0 aromatic rings. The zero-order valence-corrected chi connectivity index (χ0v) is 8.46. The van der Waals surface area contributed by atoms with Crippen LogP contribution in [-0.2, 0) is 9.84 Å². The Labute approximate surface area is 79.3 Å². The molecule has 4 heteroatoms. The summed E-state index contributed by atoms with van der Waals surface area (Å²) < 4.78 is 22.3. The number of rotatable bonds is 1. The molecule has 0 N–H and O–H groups in total. The summed E-state index contributed by atoms with van der Waals surface area (Å²) >= 11 is 0. The zero-order chi connectivity index (χ0) is 9.31. The molecule has 74 valence electrons. The summed E-state index contributed by atoms with van der Waals surface area (Å²) in [5, 5.41) is 1.37. The number of nitrogens with zero attached hydrogens (tertiary/aromatic N) is 1. The smallest absolute Gasteiger partial charge is 0.173 e. The molecule has 1 fully saturated rings.